The molecule has 2 heterocycles. The van der Waals surface area contributed by atoms with E-state index < -0.39 is 0 Å². The molecular weight excluding hydrogens is 441 g/mol. The van der Waals surface area contributed by atoms with Crippen LogP contribution in [-0.4, -0.2) is 35.4 Å². The van der Waals surface area contributed by atoms with E-state index in [9.17, 15) is 0 Å². The number of furan rings is 1. The Morgan fingerprint density at radius 3 is 2.77 bits per heavy atom. The number of hydrogen-bond acceptors (Lipinski definition) is 3. The number of halogens is 1. The molecule has 26 heavy (non-hydrogen) atoms. The summed E-state index contributed by atoms with van der Waals surface area (Å²) in [4.78, 5) is 4.65. The molecule has 0 fully saturated rings. The fraction of sp³-hybridized carbons (Fsp3) is 0.474. The van der Waals surface area contributed by atoms with Crippen LogP contribution in [0.2, 0.25) is 0 Å². The summed E-state index contributed by atoms with van der Waals surface area (Å²) in [5.74, 6) is 1.78. The van der Waals surface area contributed by atoms with Crippen LogP contribution < -0.4 is 10.6 Å². The van der Waals surface area contributed by atoms with Gasteiger partial charge in [-0.15, -0.1) is 30.6 Å². The molecule has 0 aliphatic rings. The molecule has 0 unspecified atom stereocenters. The maximum Gasteiger partial charge on any atom is 0.191 e. The minimum absolute atomic E-state index is 0. The number of guanidine groups is 1. The Labute approximate surface area is 173 Å². The fourth-order valence-corrected chi connectivity index (χ4v) is 2.73. The molecule has 0 spiro atoms. The second-order valence-electron chi connectivity index (χ2n) is 6.03. The summed E-state index contributed by atoms with van der Waals surface area (Å²) in [6.45, 7) is 10.2. The lowest BCUT2D eigenvalue weighted by atomic mass is 10.1. The smallest absolute Gasteiger partial charge is 0.191 e. The quantitative estimate of drug-likeness (QED) is 0.194. The van der Waals surface area contributed by atoms with Gasteiger partial charge in [-0.3, -0.25) is 9.67 Å². The van der Waals surface area contributed by atoms with Crippen LogP contribution in [0.1, 0.15) is 29.1 Å². The molecule has 0 saturated carbocycles. The number of aryl methyl sites for hydroxylation is 2. The second kappa shape index (κ2) is 11.8. The topological polar surface area (TPSA) is 67.4 Å². The fourth-order valence-electron chi connectivity index (χ4n) is 2.73. The van der Waals surface area contributed by atoms with Crippen LogP contribution in [-0.2, 0) is 19.9 Å². The van der Waals surface area contributed by atoms with Gasteiger partial charge in [0.2, 0.25) is 0 Å². The Bertz CT molecular complexity index is 691. The monoisotopic (exact) mass is 471 g/mol. The molecule has 0 saturated heterocycles. The SMILES string of the molecule is C=CCNC(=NCCCc1c(C)nn(C)c1C)NCCc1ccco1.I. The van der Waals surface area contributed by atoms with Gasteiger partial charge in [0.15, 0.2) is 5.96 Å². The summed E-state index contributed by atoms with van der Waals surface area (Å²) in [7, 11) is 1.99. The van der Waals surface area contributed by atoms with E-state index >= 15 is 0 Å². The first-order valence-electron chi connectivity index (χ1n) is 8.76. The highest BCUT2D eigenvalue weighted by molar-refractivity contribution is 14.0. The summed E-state index contributed by atoms with van der Waals surface area (Å²) in [6, 6.07) is 3.89. The molecule has 2 aromatic heterocycles. The lowest BCUT2D eigenvalue weighted by Crippen LogP contribution is -2.38. The average Bonchev–Trinajstić information content (AvgIpc) is 3.19. The van der Waals surface area contributed by atoms with Gasteiger partial charge in [0.25, 0.3) is 0 Å². The van der Waals surface area contributed by atoms with Crippen molar-refractivity contribution in [3.8, 4) is 0 Å². The zero-order chi connectivity index (χ0) is 18.1. The van der Waals surface area contributed by atoms with E-state index in [1.54, 1.807) is 6.26 Å². The molecule has 0 aliphatic heterocycles. The number of aromatic nitrogens is 2. The van der Waals surface area contributed by atoms with Crippen molar-refractivity contribution >= 4 is 29.9 Å². The molecule has 2 N–H and O–H groups in total. The molecule has 0 radical (unpaired) electrons. The van der Waals surface area contributed by atoms with Crippen molar-refractivity contribution in [1.29, 1.82) is 0 Å². The van der Waals surface area contributed by atoms with Gasteiger partial charge in [-0.05, 0) is 44.4 Å². The Kier molecular flexibility index (Phi) is 10.1. The largest absolute Gasteiger partial charge is 0.469 e. The Morgan fingerprint density at radius 2 is 2.15 bits per heavy atom. The minimum atomic E-state index is 0. The molecule has 2 aromatic rings. The van der Waals surface area contributed by atoms with Crippen molar-refractivity contribution in [3.63, 3.8) is 0 Å². The Hall–Kier alpha value is -1.77. The molecule has 2 rings (SSSR count). The molecule has 144 valence electrons. The van der Waals surface area contributed by atoms with Crippen LogP contribution in [0.15, 0.2) is 40.5 Å². The van der Waals surface area contributed by atoms with Crippen LogP contribution in [0, 0.1) is 13.8 Å². The number of nitrogens with zero attached hydrogens (tertiary/aromatic N) is 3. The van der Waals surface area contributed by atoms with E-state index in [1.807, 2.05) is 29.9 Å². The molecule has 0 aromatic carbocycles. The maximum absolute atomic E-state index is 5.34. The van der Waals surface area contributed by atoms with Crippen molar-refractivity contribution in [2.24, 2.45) is 12.0 Å². The summed E-state index contributed by atoms with van der Waals surface area (Å²) in [5, 5.41) is 11.0. The number of aliphatic imine (C=N–C) groups is 1. The van der Waals surface area contributed by atoms with E-state index in [2.05, 4.69) is 41.2 Å². The maximum atomic E-state index is 5.34. The van der Waals surface area contributed by atoms with Gasteiger partial charge in [0.05, 0.1) is 12.0 Å². The first-order valence-corrected chi connectivity index (χ1v) is 8.76. The van der Waals surface area contributed by atoms with Crippen LogP contribution in [0.4, 0.5) is 0 Å². The van der Waals surface area contributed by atoms with Crippen LogP contribution in [0.5, 0.6) is 0 Å². The third-order valence-electron chi connectivity index (χ3n) is 4.17. The van der Waals surface area contributed by atoms with E-state index in [0.29, 0.717) is 6.54 Å². The predicted octanol–water partition coefficient (Wildman–Crippen LogP) is 3.14. The zero-order valence-electron chi connectivity index (χ0n) is 15.9. The molecule has 0 atom stereocenters. The standard InChI is InChI=1S/C19H29N5O.HI/c1-5-11-20-19(22-13-10-17-8-7-14-25-17)21-12-6-9-18-15(2)23-24(4)16(18)3;/h5,7-8,14H,1,6,9-13H2,2-4H3,(H2,20,21,22);1H. The van der Waals surface area contributed by atoms with Gasteiger partial charge in [0, 0.05) is 38.8 Å². The van der Waals surface area contributed by atoms with E-state index in [0.717, 1.165) is 49.8 Å². The van der Waals surface area contributed by atoms with Crippen molar-refractivity contribution in [2.75, 3.05) is 19.6 Å². The number of hydrogen-bond donors (Lipinski definition) is 2. The minimum Gasteiger partial charge on any atom is -0.469 e. The lowest BCUT2D eigenvalue weighted by molar-refractivity contribution is 0.507. The average molecular weight is 471 g/mol. The second-order valence-corrected chi connectivity index (χ2v) is 6.03. The van der Waals surface area contributed by atoms with Crippen LogP contribution in [0.3, 0.4) is 0 Å². The third-order valence-corrected chi connectivity index (χ3v) is 4.17. The normalized spacial score (nSPS) is 11.1. The van der Waals surface area contributed by atoms with E-state index in [-0.39, 0.29) is 24.0 Å². The highest BCUT2D eigenvalue weighted by atomic mass is 127. The molecule has 0 bridgehead atoms. The third kappa shape index (κ3) is 6.86. The summed E-state index contributed by atoms with van der Waals surface area (Å²) in [6.07, 6.45) is 6.34. The highest BCUT2D eigenvalue weighted by Crippen LogP contribution is 2.13. The van der Waals surface area contributed by atoms with Crippen LogP contribution in [0.25, 0.3) is 0 Å². The van der Waals surface area contributed by atoms with Crippen molar-refractivity contribution in [3.05, 3.63) is 53.8 Å². The predicted molar refractivity (Wildman–Crippen MR) is 117 cm³/mol. The molecule has 0 amide bonds. The van der Waals surface area contributed by atoms with Gasteiger partial charge >= 0.3 is 0 Å². The van der Waals surface area contributed by atoms with Gasteiger partial charge in [-0.1, -0.05) is 6.08 Å². The van der Waals surface area contributed by atoms with Gasteiger partial charge < -0.3 is 15.1 Å². The summed E-state index contributed by atoms with van der Waals surface area (Å²) in [5.41, 5.74) is 3.69. The summed E-state index contributed by atoms with van der Waals surface area (Å²) >= 11 is 0. The summed E-state index contributed by atoms with van der Waals surface area (Å²) < 4.78 is 7.29. The zero-order valence-corrected chi connectivity index (χ0v) is 18.2. The van der Waals surface area contributed by atoms with Crippen molar-refractivity contribution in [2.45, 2.75) is 33.1 Å². The number of nitrogens with one attached hydrogen (secondary N) is 2. The molecule has 0 aliphatic carbocycles. The first-order chi connectivity index (χ1) is 12.1. The van der Waals surface area contributed by atoms with Crippen molar-refractivity contribution < 1.29 is 4.42 Å². The Balaban J connectivity index is 0.00000338. The molecule has 6 nitrogen and oxygen atoms in total. The molecular formula is C19H30IN5O. The van der Waals surface area contributed by atoms with E-state index in [1.165, 1.54) is 11.3 Å². The molecule has 7 heteroatoms. The lowest BCUT2D eigenvalue weighted by Gasteiger charge is -2.11. The van der Waals surface area contributed by atoms with Gasteiger partial charge in [0.1, 0.15) is 5.76 Å². The van der Waals surface area contributed by atoms with Crippen LogP contribution >= 0.6 is 24.0 Å². The highest BCUT2D eigenvalue weighted by Gasteiger charge is 2.08. The van der Waals surface area contributed by atoms with E-state index in [4.69, 9.17) is 4.42 Å². The first kappa shape index (κ1) is 22.3. The van der Waals surface area contributed by atoms with Gasteiger partial charge in [-0.2, -0.15) is 5.10 Å². The van der Waals surface area contributed by atoms with Crippen molar-refractivity contribution in [1.82, 2.24) is 20.4 Å². The van der Waals surface area contributed by atoms with Gasteiger partial charge in [-0.25, -0.2) is 0 Å². The number of rotatable bonds is 9. The Morgan fingerprint density at radius 1 is 1.35 bits per heavy atom.